The minimum atomic E-state index is -0.694. The number of aryl methyl sites for hydroxylation is 2. The van der Waals surface area contributed by atoms with Crippen molar-refractivity contribution >= 4 is 0 Å². The standard InChI is InChI=1S/C12H15N3O/c1-3-15-8-10(7-14-15)12(16)11-5-4-9(2)6-13-11/h4-8,12,16H,3H2,1-2H3. The van der Waals surface area contributed by atoms with Crippen LogP contribution in [0.4, 0.5) is 0 Å². The van der Waals surface area contributed by atoms with Crippen molar-refractivity contribution in [2.45, 2.75) is 26.5 Å². The highest BCUT2D eigenvalue weighted by molar-refractivity contribution is 5.22. The Morgan fingerprint density at radius 3 is 2.75 bits per heavy atom. The van der Waals surface area contributed by atoms with Gasteiger partial charge in [0.1, 0.15) is 6.10 Å². The van der Waals surface area contributed by atoms with Crippen LogP contribution in [0.3, 0.4) is 0 Å². The average Bonchev–Trinajstić information content (AvgIpc) is 2.77. The number of aromatic nitrogens is 3. The van der Waals surface area contributed by atoms with Gasteiger partial charge in [-0.05, 0) is 25.5 Å². The summed E-state index contributed by atoms with van der Waals surface area (Å²) in [5.41, 5.74) is 2.51. The van der Waals surface area contributed by atoms with E-state index in [2.05, 4.69) is 10.1 Å². The summed E-state index contributed by atoms with van der Waals surface area (Å²) in [4.78, 5) is 4.20. The number of hydrogen-bond acceptors (Lipinski definition) is 3. The minimum absolute atomic E-state index is 0.654. The maximum atomic E-state index is 10.1. The van der Waals surface area contributed by atoms with Gasteiger partial charge in [0.25, 0.3) is 0 Å². The van der Waals surface area contributed by atoms with Crippen LogP contribution in [0.5, 0.6) is 0 Å². The van der Waals surface area contributed by atoms with Crippen LogP contribution >= 0.6 is 0 Å². The molecule has 0 amide bonds. The number of hydrogen-bond donors (Lipinski definition) is 1. The van der Waals surface area contributed by atoms with E-state index in [1.807, 2.05) is 32.2 Å². The molecule has 4 nitrogen and oxygen atoms in total. The molecule has 0 aromatic carbocycles. The number of aliphatic hydroxyl groups excluding tert-OH is 1. The first kappa shape index (κ1) is 10.8. The maximum Gasteiger partial charge on any atom is 0.124 e. The Morgan fingerprint density at radius 1 is 1.38 bits per heavy atom. The molecule has 0 fully saturated rings. The molecular formula is C12H15N3O. The van der Waals surface area contributed by atoms with Crippen molar-refractivity contribution in [1.29, 1.82) is 0 Å². The Bertz CT molecular complexity index is 461. The second-order valence-electron chi connectivity index (χ2n) is 3.79. The zero-order valence-corrected chi connectivity index (χ0v) is 9.46. The van der Waals surface area contributed by atoms with Crippen LogP contribution < -0.4 is 0 Å². The first-order valence-corrected chi connectivity index (χ1v) is 5.33. The molecule has 2 heterocycles. The molecule has 16 heavy (non-hydrogen) atoms. The lowest BCUT2D eigenvalue weighted by atomic mass is 10.1. The molecular weight excluding hydrogens is 202 g/mol. The smallest absolute Gasteiger partial charge is 0.124 e. The van der Waals surface area contributed by atoms with E-state index in [1.165, 1.54) is 0 Å². The molecule has 2 aromatic heterocycles. The van der Waals surface area contributed by atoms with E-state index in [-0.39, 0.29) is 0 Å². The molecule has 0 bridgehead atoms. The Balaban J connectivity index is 2.24. The molecule has 0 aliphatic rings. The van der Waals surface area contributed by atoms with Gasteiger partial charge in [0.15, 0.2) is 0 Å². The monoisotopic (exact) mass is 217 g/mol. The van der Waals surface area contributed by atoms with Gasteiger partial charge in [0.05, 0.1) is 11.9 Å². The fourth-order valence-electron chi connectivity index (χ4n) is 1.51. The Hall–Kier alpha value is -1.68. The normalized spacial score (nSPS) is 12.7. The van der Waals surface area contributed by atoms with E-state index in [1.54, 1.807) is 17.1 Å². The fourth-order valence-corrected chi connectivity index (χ4v) is 1.51. The van der Waals surface area contributed by atoms with Crippen LogP contribution in [0.25, 0.3) is 0 Å². The summed E-state index contributed by atoms with van der Waals surface area (Å²) >= 11 is 0. The average molecular weight is 217 g/mol. The number of aliphatic hydroxyl groups is 1. The van der Waals surface area contributed by atoms with Crippen molar-refractivity contribution in [2.24, 2.45) is 0 Å². The van der Waals surface area contributed by atoms with Crippen molar-refractivity contribution in [3.05, 3.63) is 47.5 Å². The SMILES string of the molecule is CCn1cc(C(O)c2ccc(C)cn2)cn1. The number of pyridine rings is 1. The molecule has 2 aromatic rings. The molecule has 0 saturated carbocycles. The zero-order valence-electron chi connectivity index (χ0n) is 9.46. The van der Waals surface area contributed by atoms with Gasteiger partial charge in [-0.1, -0.05) is 6.07 Å². The van der Waals surface area contributed by atoms with Gasteiger partial charge in [0, 0.05) is 24.5 Å². The largest absolute Gasteiger partial charge is 0.382 e. The third kappa shape index (κ3) is 2.12. The van der Waals surface area contributed by atoms with Gasteiger partial charge in [-0.2, -0.15) is 5.10 Å². The summed E-state index contributed by atoms with van der Waals surface area (Å²) in [7, 11) is 0. The fraction of sp³-hybridized carbons (Fsp3) is 0.333. The molecule has 1 atom stereocenters. The van der Waals surface area contributed by atoms with Crippen LogP contribution in [0.2, 0.25) is 0 Å². The number of rotatable bonds is 3. The number of nitrogens with zero attached hydrogens (tertiary/aromatic N) is 3. The summed E-state index contributed by atoms with van der Waals surface area (Å²) in [5.74, 6) is 0. The predicted octanol–water partition coefficient (Wildman–Crippen LogP) is 1.69. The van der Waals surface area contributed by atoms with E-state index in [9.17, 15) is 5.11 Å². The Morgan fingerprint density at radius 2 is 2.19 bits per heavy atom. The Kier molecular flexibility index (Phi) is 3.01. The second-order valence-corrected chi connectivity index (χ2v) is 3.79. The second kappa shape index (κ2) is 4.45. The van der Waals surface area contributed by atoms with Gasteiger partial charge in [0.2, 0.25) is 0 Å². The lowest BCUT2D eigenvalue weighted by Crippen LogP contribution is -2.01. The third-order valence-corrected chi connectivity index (χ3v) is 2.51. The molecule has 0 aliphatic carbocycles. The third-order valence-electron chi connectivity index (χ3n) is 2.51. The summed E-state index contributed by atoms with van der Waals surface area (Å²) in [6.45, 7) is 4.78. The molecule has 1 N–H and O–H groups in total. The van der Waals surface area contributed by atoms with E-state index >= 15 is 0 Å². The van der Waals surface area contributed by atoms with E-state index < -0.39 is 6.10 Å². The van der Waals surface area contributed by atoms with Crippen LogP contribution in [0.15, 0.2) is 30.7 Å². The molecule has 0 aliphatic heterocycles. The van der Waals surface area contributed by atoms with Crippen molar-refractivity contribution in [2.75, 3.05) is 0 Å². The summed E-state index contributed by atoms with van der Waals surface area (Å²) in [6, 6.07) is 3.78. The first-order valence-electron chi connectivity index (χ1n) is 5.33. The minimum Gasteiger partial charge on any atom is -0.382 e. The Labute approximate surface area is 94.6 Å². The van der Waals surface area contributed by atoms with Crippen LogP contribution in [-0.2, 0) is 6.54 Å². The van der Waals surface area contributed by atoms with E-state index in [0.29, 0.717) is 5.69 Å². The van der Waals surface area contributed by atoms with Crippen LogP contribution in [-0.4, -0.2) is 19.9 Å². The molecule has 4 heteroatoms. The van der Waals surface area contributed by atoms with Gasteiger partial charge < -0.3 is 5.11 Å². The van der Waals surface area contributed by atoms with Gasteiger partial charge in [-0.25, -0.2) is 0 Å². The molecule has 0 radical (unpaired) electrons. The zero-order chi connectivity index (χ0) is 11.5. The van der Waals surface area contributed by atoms with Crippen LogP contribution in [0.1, 0.15) is 29.8 Å². The summed E-state index contributed by atoms with van der Waals surface area (Å²) in [6.07, 6.45) is 4.57. The maximum absolute atomic E-state index is 10.1. The van der Waals surface area contributed by atoms with Crippen molar-refractivity contribution in [3.63, 3.8) is 0 Å². The lowest BCUT2D eigenvalue weighted by Gasteiger charge is -2.07. The molecule has 2 rings (SSSR count). The predicted molar refractivity (Wildman–Crippen MR) is 60.9 cm³/mol. The molecule has 0 saturated heterocycles. The van der Waals surface area contributed by atoms with Crippen molar-refractivity contribution < 1.29 is 5.11 Å². The highest BCUT2D eigenvalue weighted by Gasteiger charge is 2.13. The lowest BCUT2D eigenvalue weighted by molar-refractivity contribution is 0.215. The first-order chi connectivity index (χ1) is 7.70. The molecule has 1 unspecified atom stereocenters. The van der Waals surface area contributed by atoms with E-state index in [4.69, 9.17) is 0 Å². The van der Waals surface area contributed by atoms with Crippen LogP contribution in [0, 0.1) is 6.92 Å². The van der Waals surface area contributed by atoms with E-state index in [0.717, 1.165) is 17.7 Å². The van der Waals surface area contributed by atoms with Gasteiger partial charge in [-0.3, -0.25) is 9.67 Å². The molecule has 84 valence electrons. The molecule has 0 spiro atoms. The van der Waals surface area contributed by atoms with Crippen molar-refractivity contribution in [3.8, 4) is 0 Å². The van der Waals surface area contributed by atoms with Gasteiger partial charge >= 0.3 is 0 Å². The summed E-state index contributed by atoms with van der Waals surface area (Å²) < 4.78 is 1.78. The highest BCUT2D eigenvalue weighted by Crippen LogP contribution is 2.19. The quantitative estimate of drug-likeness (QED) is 0.851. The summed E-state index contributed by atoms with van der Waals surface area (Å²) in [5, 5.41) is 14.2. The van der Waals surface area contributed by atoms with Crippen molar-refractivity contribution in [1.82, 2.24) is 14.8 Å². The highest BCUT2D eigenvalue weighted by atomic mass is 16.3. The van der Waals surface area contributed by atoms with Gasteiger partial charge in [-0.15, -0.1) is 0 Å². The topological polar surface area (TPSA) is 50.9 Å².